The van der Waals surface area contributed by atoms with E-state index in [1.54, 1.807) is 31.2 Å². The second-order valence-corrected chi connectivity index (χ2v) is 8.37. The molecule has 2 fully saturated rings. The Morgan fingerprint density at radius 1 is 1.13 bits per heavy atom. The van der Waals surface area contributed by atoms with Gasteiger partial charge in [-0.05, 0) is 51.7 Å². The summed E-state index contributed by atoms with van der Waals surface area (Å²) in [5.41, 5.74) is 0.996. The molecule has 1 aliphatic heterocycles. The highest BCUT2D eigenvalue weighted by Gasteiger charge is 2.58. The van der Waals surface area contributed by atoms with Gasteiger partial charge in [-0.15, -0.1) is 0 Å². The van der Waals surface area contributed by atoms with E-state index in [2.05, 4.69) is 0 Å². The van der Waals surface area contributed by atoms with Crippen molar-refractivity contribution in [3.8, 4) is 0 Å². The van der Waals surface area contributed by atoms with Crippen LogP contribution >= 0.6 is 0 Å². The number of ether oxygens (including phenoxy) is 1. The number of aryl methyl sites for hydroxylation is 1. The summed E-state index contributed by atoms with van der Waals surface area (Å²) in [7, 11) is -3.63. The molecule has 5 nitrogen and oxygen atoms in total. The lowest BCUT2D eigenvalue weighted by Crippen LogP contribution is -2.27. The molecule has 1 aromatic rings. The van der Waals surface area contributed by atoms with Crippen molar-refractivity contribution in [2.24, 2.45) is 0 Å². The Balaban J connectivity index is 1.69. The van der Waals surface area contributed by atoms with Crippen molar-refractivity contribution >= 4 is 16.0 Å². The highest BCUT2D eigenvalue weighted by Crippen LogP contribution is 2.37. The zero-order chi connectivity index (χ0) is 16.6. The summed E-state index contributed by atoms with van der Waals surface area (Å²) in [6.07, 6.45) is 5.05. The molecule has 126 valence electrons. The lowest BCUT2D eigenvalue weighted by atomic mass is 9.98. The predicted octanol–water partition coefficient (Wildman–Crippen LogP) is 2.63. The van der Waals surface area contributed by atoms with Gasteiger partial charge in [-0.2, -0.15) is 4.31 Å². The van der Waals surface area contributed by atoms with Crippen molar-refractivity contribution in [2.45, 2.75) is 69.0 Å². The van der Waals surface area contributed by atoms with Gasteiger partial charge in [0.2, 0.25) is 10.0 Å². The van der Waals surface area contributed by atoms with Crippen molar-refractivity contribution in [2.75, 3.05) is 0 Å². The van der Waals surface area contributed by atoms with E-state index in [0.717, 1.165) is 31.2 Å². The fourth-order valence-electron chi connectivity index (χ4n) is 3.24. The third kappa shape index (κ3) is 3.28. The molecule has 23 heavy (non-hydrogen) atoms. The Labute approximate surface area is 137 Å². The highest BCUT2D eigenvalue weighted by atomic mass is 32.2. The van der Waals surface area contributed by atoms with Gasteiger partial charge in [-0.3, -0.25) is 4.79 Å². The van der Waals surface area contributed by atoms with Crippen LogP contribution in [0.4, 0.5) is 0 Å². The molecule has 0 bridgehead atoms. The molecule has 1 saturated carbocycles. The van der Waals surface area contributed by atoms with Gasteiger partial charge in [0.25, 0.3) is 0 Å². The van der Waals surface area contributed by atoms with Gasteiger partial charge in [-0.1, -0.05) is 24.1 Å². The van der Waals surface area contributed by atoms with E-state index in [1.165, 1.54) is 10.7 Å². The lowest BCUT2D eigenvalue weighted by molar-refractivity contribution is -0.150. The van der Waals surface area contributed by atoms with Crippen LogP contribution in [-0.4, -0.2) is 36.9 Å². The standard InChI is InChI=1S/C17H23NO4S/c1-12-8-10-15(11-9-12)23(20,21)18-13(2)16(18)17(19)22-14-6-4-3-5-7-14/h8-11,13-14,16H,3-7H2,1-2H3/t13-,16-,18?/m1/s1. The number of rotatable bonds is 4. The topological polar surface area (TPSA) is 63.5 Å². The minimum absolute atomic E-state index is 0.0482. The summed E-state index contributed by atoms with van der Waals surface area (Å²) < 4.78 is 32.1. The molecule has 1 aromatic carbocycles. The van der Waals surface area contributed by atoms with E-state index in [1.807, 2.05) is 6.92 Å². The number of carbonyl (C=O) groups is 1. The third-order valence-corrected chi connectivity index (χ3v) is 6.70. The van der Waals surface area contributed by atoms with E-state index in [4.69, 9.17) is 4.74 Å². The average Bonchev–Trinajstić information content (AvgIpc) is 3.21. The lowest BCUT2D eigenvalue weighted by Gasteiger charge is -2.21. The first kappa shape index (κ1) is 16.5. The summed E-state index contributed by atoms with van der Waals surface area (Å²) in [6.45, 7) is 3.65. The molecular weight excluding hydrogens is 314 g/mol. The Kier molecular flexibility index (Phi) is 4.47. The molecule has 1 aliphatic carbocycles. The molecule has 0 spiro atoms. The second-order valence-electron chi connectivity index (χ2n) is 6.53. The number of carbonyl (C=O) groups excluding carboxylic acids is 1. The number of benzene rings is 1. The second kappa shape index (κ2) is 6.24. The predicted molar refractivity (Wildman–Crippen MR) is 86.4 cm³/mol. The summed E-state index contributed by atoms with van der Waals surface area (Å²) in [5, 5.41) is 0. The Morgan fingerprint density at radius 3 is 2.35 bits per heavy atom. The van der Waals surface area contributed by atoms with Gasteiger partial charge >= 0.3 is 5.97 Å². The monoisotopic (exact) mass is 337 g/mol. The van der Waals surface area contributed by atoms with Gasteiger partial charge in [0, 0.05) is 0 Å². The molecule has 6 heteroatoms. The zero-order valence-corrected chi connectivity index (χ0v) is 14.4. The summed E-state index contributed by atoms with van der Waals surface area (Å²) >= 11 is 0. The van der Waals surface area contributed by atoms with Crippen LogP contribution in [0.15, 0.2) is 29.2 Å². The van der Waals surface area contributed by atoms with Gasteiger partial charge in [-0.25, -0.2) is 8.42 Å². The molecule has 1 unspecified atom stereocenters. The van der Waals surface area contributed by atoms with Gasteiger partial charge in [0.1, 0.15) is 12.1 Å². The molecule has 3 atom stereocenters. The first-order chi connectivity index (χ1) is 10.9. The summed E-state index contributed by atoms with van der Waals surface area (Å²) in [5.74, 6) is -0.403. The summed E-state index contributed by atoms with van der Waals surface area (Å²) in [6, 6.07) is 5.67. The minimum atomic E-state index is -3.63. The Hall–Kier alpha value is -1.40. The maximum Gasteiger partial charge on any atom is 0.326 e. The number of hydrogen-bond donors (Lipinski definition) is 0. The fourth-order valence-corrected chi connectivity index (χ4v) is 5.02. The zero-order valence-electron chi connectivity index (χ0n) is 13.6. The van der Waals surface area contributed by atoms with E-state index < -0.39 is 22.0 Å². The number of esters is 1. The molecule has 0 aromatic heterocycles. The Morgan fingerprint density at radius 2 is 1.74 bits per heavy atom. The molecule has 2 aliphatic rings. The van der Waals surface area contributed by atoms with E-state index >= 15 is 0 Å². The molecule has 0 amide bonds. The largest absolute Gasteiger partial charge is 0.461 e. The van der Waals surface area contributed by atoms with Crippen LogP contribution in [0.1, 0.15) is 44.6 Å². The fraction of sp³-hybridized carbons (Fsp3) is 0.588. The molecule has 0 N–H and O–H groups in total. The van der Waals surface area contributed by atoms with Crippen LogP contribution in [0.25, 0.3) is 0 Å². The van der Waals surface area contributed by atoms with E-state index in [-0.39, 0.29) is 17.0 Å². The van der Waals surface area contributed by atoms with Crippen LogP contribution in [0, 0.1) is 6.92 Å². The Bertz CT molecular complexity index is 677. The van der Waals surface area contributed by atoms with Crippen molar-refractivity contribution in [1.29, 1.82) is 0 Å². The van der Waals surface area contributed by atoms with E-state index in [9.17, 15) is 13.2 Å². The maximum atomic E-state index is 12.6. The van der Waals surface area contributed by atoms with Gasteiger partial charge in [0.05, 0.1) is 10.9 Å². The van der Waals surface area contributed by atoms with Crippen molar-refractivity contribution in [3.05, 3.63) is 29.8 Å². The molecule has 3 rings (SSSR count). The van der Waals surface area contributed by atoms with Gasteiger partial charge in [0.15, 0.2) is 0 Å². The van der Waals surface area contributed by atoms with Crippen molar-refractivity contribution < 1.29 is 17.9 Å². The minimum Gasteiger partial charge on any atom is -0.461 e. The molecule has 1 heterocycles. The van der Waals surface area contributed by atoms with E-state index in [0.29, 0.717) is 0 Å². The van der Waals surface area contributed by atoms with Crippen LogP contribution in [0.5, 0.6) is 0 Å². The molecular formula is C17H23NO4S. The number of sulfonamides is 1. The quantitative estimate of drug-likeness (QED) is 0.626. The van der Waals surface area contributed by atoms with Crippen molar-refractivity contribution in [3.63, 3.8) is 0 Å². The third-order valence-electron chi connectivity index (χ3n) is 4.72. The van der Waals surface area contributed by atoms with Crippen LogP contribution in [0.2, 0.25) is 0 Å². The SMILES string of the molecule is Cc1ccc(S(=O)(=O)N2[C@H](C)[C@@H]2C(=O)OC2CCCCC2)cc1. The number of hydrogen-bond acceptors (Lipinski definition) is 4. The van der Waals surface area contributed by atoms with Gasteiger partial charge < -0.3 is 4.74 Å². The maximum absolute atomic E-state index is 12.6. The molecule has 0 radical (unpaired) electrons. The van der Waals surface area contributed by atoms with Crippen LogP contribution in [-0.2, 0) is 19.6 Å². The first-order valence-electron chi connectivity index (χ1n) is 8.22. The highest BCUT2D eigenvalue weighted by molar-refractivity contribution is 7.89. The number of nitrogens with zero attached hydrogens (tertiary/aromatic N) is 1. The summed E-state index contributed by atoms with van der Waals surface area (Å²) in [4.78, 5) is 12.5. The molecule has 1 saturated heterocycles. The first-order valence-corrected chi connectivity index (χ1v) is 9.66. The van der Waals surface area contributed by atoms with Crippen molar-refractivity contribution in [1.82, 2.24) is 4.31 Å². The normalized spacial score (nSPS) is 28.3. The van der Waals surface area contributed by atoms with Crippen LogP contribution in [0.3, 0.4) is 0 Å². The smallest absolute Gasteiger partial charge is 0.326 e. The van der Waals surface area contributed by atoms with Crippen LogP contribution < -0.4 is 0 Å². The average molecular weight is 337 g/mol.